The molecule has 3 amide bonds. The van der Waals surface area contributed by atoms with Crippen molar-refractivity contribution in [2.75, 3.05) is 11.9 Å². The van der Waals surface area contributed by atoms with Gasteiger partial charge in [-0.1, -0.05) is 13.0 Å². The minimum absolute atomic E-state index is 0.0780. The van der Waals surface area contributed by atoms with Gasteiger partial charge in [-0.05, 0) is 38.0 Å². The lowest BCUT2D eigenvalue weighted by Gasteiger charge is -2.14. The molecule has 110 valence electrons. The smallest absolute Gasteiger partial charge is 0.319 e. The third kappa shape index (κ3) is 4.87. The number of anilines is 1. The molecule has 0 aromatic heterocycles. The number of nitrogens with one attached hydrogen (secondary N) is 3. The molecule has 0 saturated heterocycles. The molecule has 3 N–H and O–H groups in total. The zero-order chi connectivity index (χ0) is 15.1. The Kier molecular flexibility index (Phi) is 5.96. The number of rotatable bonds is 5. The highest BCUT2D eigenvalue weighted by molar-refractivity contribution is 5.93. The van der Waals surface area contributed by atoms with Crippen molar-refractivity contribution in [3.8, 4) is 0 Å². The van der Waals surface area contributed by atoms with E-state index in [0.717, 1.165) is 12.0 Å². The van der Waals surface area contributed by atoms with Crippen molar-refractivity contribution in [2.24, 2.45) is 0 Å². The van der Waals surface area contributed by atoms with Crippen LogP contribution in [0.3, 0.4) is 0 Å². The number of hydrogen-bond acceptors (Lipinski definition) is 2. The second-order valence-corrected chi connectivity index (χ2v) is 4.59. The molecule has 6 heteroatoms. The van der Waals surface area contributed by atoms with E-state index >= 15 is 0 Å². The maximum absolute atomic E-state index is 13.6. The van der Waals surface area contributed by atoms with Gasteiger partial charge in [-0.3, -0.25) is 4.79 Å². The number of halogens is 1. The quantitative estimate of drug-likeness (QED) is 0.774. The van der Waals surface area contributed by atoms with E-state index in [-0.39, 0.29) is 11.6 Å². The fourth-order valence-electron chi connectivity index (χ4n) is 1.54. The predicted octanol–water partition coefficient (Wildman–Crippen LogP) is 2.17. The molecule has 1 atom stereocenters. The van der Waals surface area contributed by atoms with Crippen LogP contribution in [0.4, 0.5) is 14.9 Å². The van der Waals surface area contributed by atoms with Gasteiger partial charge in [-0.25, -0.2) is 9.18 Å². The van der Waals surface area contributed by atoms with Crippen LogP contribution in [-0.2, 0) is 4.79 Å². The van der Waals surface area contributed by atoms with Crippen LogP contribution >= 0.6 is 0 Å². The van der Waals surface area contributed by atoms with Gasteiger partial charge in [0.15, 0.2) is 0 Å². The first kappa shape index (κ1) is 15.9. The fraction of sp³-hybridized carbons (Fsp3) is 0.429. The van der Waals surface area contributed by atoms with E-state index in [2.05, 4.69) is 16.0 Å². The molecule has 0 aliphatic rings. The molecule has 0 saturated carbocycles. The van der Waals surface area contributed by atoms with E-state index in [1.165, 1.54) is 12.1 Å². The molecule has 0 aliphatic heterocycles. The lowest BCUT2D eigenvalue weighted by atomic mass is 10.2. The van der Waals surface area contributed by atoms with Crippen molar-refractivity contribution in [3.63, 3.8) is 0 Å². The summed E-state index contributed by atoms with van der Waals surface area (Å²) in [6, 6.07) is 3.19. The highest BCUT2D eigenvalue weighted by atomic mass is 19.1. The lowest BCUT2D eigenvalue weighted by molar-refractivity contribution is -0.122. The van der Waals surface area contributed by atoms with E-state index in [9.17, 15) is 14.0 Å². The molecule has 0 aliphatic carbocycles. The van der Waals surface area contributed by atoms with Crippen molar-refractivity contribution in [3.05, 3.63) is 29.6 Å². The maximum Gasteiger partial charge on any atom is 0.319 e. The van der Waals surface area contributed by atoms with Crippen LogP contribution in [0.25, 0.3) is 0 Å². The average molecular weight is 281 g/mol. The zero-order valence-corrected chi connectivity index (χ0v) is 11.9. The first-order valence-corrected chi connectivity index (χ1v) is 6.55. The minimum Gasteiger partial charge on any atom is -0.354 e. The molecule has 0 bridgehead atoms. The largest absolute Gasteiger partial charge is 0.354 e. The van der Waals surface area contributed by atoms with E-state index in [0.29, 0.717) is 6.54 Å². The molecule has 0 spiro atoms. The van der Waals surface area contributed by atoms with Crippen molar-refractivity contribution >= 4 is 17.6 Å². The van der Waals surface area contributed by atoms with E-state index in [4.69, 9.17) is 0 Å². The van der Waals surface area contributed by atoms with Crippen LogP contribution < -0.4 is 16.0 Å². The normalized spacial score (nSPS) is 11.6. The van der Waals surface area contributed by atoms with Crippen molar-refractivity contribution < 1.29 is 14.0 Å². The van der Waals surface area contributed by atoms with Crippen molar-refractivity contribution in [1.29, 1.82) is 0 Å². The Bertz CT molecular complexity index is 491. The number of benzene rings is 1. The van der Waals surface area contributed by atoms with E-state index in [1.807, 2.05) is 6.92 Å². The van der Waals surface area contributed by atoms with Gasteiger partial charge in [0.2, 0.25) is 5.91 Å². The summed E-state index contributed by atoms with van der Waals surface area (Å²) in [5, 5.41) is 7.49. The molecule has 1 rings (SSSR count). The van der Waals surface area contributed by atoms with Gasteiger partial charge in [-0.15, -0.1) is 0 Å². The van der Waals surface area contributed by atoms with Crippen LogP contribution in [-0.4, -0.2) is 24.5 Å². The lowest BCUT2D eigenvalue weighted by Crippen LogP contribution is -2.46. The molecule has 20 heavy (non-hydrogen) atoms. The van der Waals surface area contributed by atoms with Crippen molar-refractivity contribution in [1.82, 2.24) is 10.6 Å². The Morgan fingerprint density at radius 1 is 1.35 bits per heavy atom. The predicted molar refractivity (Wildman–Crippen MR) is 76.1 cm³/mol. The van der Waals surface area contributed by atoms with E-state index in [1.54, 1.807) is 19.9 Å². The van der Waals surface area contributed by atoms with Crippen LogP contribution in [0, 0.1) is 12.7 Å². The zero-order valence-electron chi connectivity index (χ0n) is 11.9. The van der Waals surface area contributed by atoms with Gasteiger partial charge in [0, 0.05) is 6.54 Å². The molecule has 0 radical (unpaired) electrons. The second-order valence-electron chi connectivity index (χ2n) is 4.59. The maximum atomic E-state index is 13.6. The highest BCUT2D eigenvalue weighted by Gasteiger charge is 2.15. The molecule has 5 nitrogen and oxygen atoms in total. The number of hydrogen-bond donors (Lipinski definition) is 3. The monoisotopic (exact) mass is 281 g/mol. The summed E-state index contributed by atoms with van der Waals surface area (Å²) in [6.07, 6.45) is 0.819. The van der Waals surface area contributed by atoms with Crippen LogP contribution in [0.1, 0.15) is 25.8 Å². The molecular weight excluding hydrogens is 261 g/mol. The SMILES string of the molecule is CCCNC(=O)C(C)NC(=O)Nc1ccc(C)cc1F. The van der Waals surface area contributed by atoms with Gasteiger partial charge in [-0.2, -0.15) is 0 Å². The molecule has 0 heterocycles. The first-order chi connectivity index (χ1) is 9.43. The Morgan fingerprint density at radius 3 is 2.65 bits per heavy atom. The summed E-state index contributed by atoms with van der Waals surface area (Å²) >= 11 is 0. The minimum atomic E-state index is -0.685. The summed E-state index contributed by atoms with van der Waals surface area (Å²) in [4.78, 5) is 23.2. The molecule has 1 aromatic rings. The Hall–Kier alpha value is -2.11. The van der Waals surface area contributed by atoms with Crippen LogP contribution in [0.2, 0.25) is 0 Å². The molecule has 0 fully saturated rings. The number of carbonyl (C=O) groups excluding carboxylic acids is 2. The number of amides is 3. The number of aryl methyl sites for hydroxylation is 1. The average Bonchev–Trinajstić information content (AvgIpc) is 2.39. The summed E-state index contributed by atoms with van der Waals surface area (Å²) in [6.45, 7) is 5.81. The molecular formula is C14H20FN3O2. The Balaban J connectivity index is 2.52. The van der Waals surface area contributed by atoms with Gasteiger partial charge >= 0.3 is 6.03 Å². The van der Waals surface area contributed by atoms with Crippen LogP contribution in [0.15, 0.2) is 18.2 Å². The second kappa shape index (κ2) is 7.47. The molecule has 1 unspecified atom stereocenters. The molecule has 1 aromatic carbocycles. The van der Waals surface area contributed by atoms with Gasteiger partial charge < -0.3 is 16.0 Å². The summed E-state index contributed by atoms with van der Waals surface area (Å²) in [5.41, 5.74) is 0.843. The third-order valence-corrected chi connectivity index (χ3v) is 2.66. The third-order valence-electron chi connectivity index (χ3n) is 2.66. The van der Waals surface area contributed by atoms with E-state index < -0.39 is 17.9 Å². The first-order valence-electron chi connectivity index (χ1n) is 6.55. The van der Waals surface area contributed by atoms with Gasteiger partial charge in [0.1, 0.15) is 11.9 Å². The highest BCUT2D eigenvalue weighted by Crippen LogP contribution is 2.14. The topological polar surface area (TPSA) is 70.2 Å². The number of carbonyl (C=O) groups is 2. The fourth-order valence-corrected chi connectivity index (χ4v) is 1.54. The summed E-state index contributed by atoms with van der Waals surface area (Å²) in [7, 11) is 0. The van der Waals surface area contributed by atoms with Crippen molar-refractivity contribution in [2.45, 2.75) is 33.2 Å². The number of urea groups is 1. The van der Waals surface area contributed by atoms with Gasteiger partial charge in [0.25, 0.3) is 0 Å². The standard InChI is InChI=1S/C14H20FN3O2/c1-4-7-16-13(19)10(3)17-14(20)18-12-6-5-9(2)8-11(12)15/h5-6,8,10H,4,7H2,1-3H3,(H,16,19)(H2,17,18,20). The Labute approximate surface area is 117 Å². The van der Waals surface area contributed by atoms with Gasteiger partial charge in [0.05, 0.1) is 5.69 Å². The summed E-state index contributed by atoms with van der Waals surface area (Å²) < 4.78 is 13.6. The van der Waals surface area contributed by atoms with Crippen LogP contribution in [0.5, 0.6) is 0 Å². The summed E-state index contributed by atoms with van der Waals surface area (Å²) in [5.74, 6) is -0.783. The Morgan fingerprint density at radius 2 is 2.05 bits per heavy atom.